The summed E-state index contributed by atoms with van der Waals surface area (Å²) in [7, 11) is 0. The molecule has 0 bridgehead atoms. The Morgan fingerprint density at radius 2 is 1.52 bits per heavy atom. The van der Waals surface area contributed by atoms with Crippen LogP contribution in [0.25, 0.3) is 32.0 Å². The van der Waals surface area contributed by atoms with Gasteiger partial charge in [0, 0.05) is 55.4 Å². The molecule has 25 heteroatoms. The molecule has 0 aliphatic carbocycles. The lowest BCUT2D eigenvalue weighted by atomic mass is 10.0. The van der Waals surface area contributed by atoms with Crippen LogP contribution in [0.15, 0.2) is 82.1 Å². The number of anilines is 3. The number of Topliss-reactive ketones (excluding diaryl/α,β-unsaturated/α-hetero) is 2. The van der Waals surface area contributed by atoms with Crippen LogP contribution in [0.3, 0.4) is 0 Å². The molecule has 7 N–H and O–H groups in total. The molecule has 75 heavy (non-hydrogen) atoms. The molecule has 5 aromatic heterocycles. The quantitative estimate of drug-likeness (QED) is 0.0103. The molecule has 0 unspecified atom stereocenters. The Kier molecular flexibility index (Phi) is 19.4. The average molecular weight is 1090 g/mol. The van der Waals surface area contributed by atoms with Crippen LogP contribution in [0.2, 0.25) is 0 Å². The minimum atomic E-state index is -4.75. The van der Waals surface area contributed by atoms with Crippen LogP contribution in [0.5, 0.6) is 0 Å². The van der Waals surface area contributed by atoms with Crippen molar-refractivity contribution >= 4 is 102 Å². The molecule has 396 valence electrons. The number of aromatic amines is 1. The Morgan fingerprint density at radius 3 is 2.16 bits per heavy atom. The first-order chi connectivity index (χ1) is 36.0. The average Bonchev–Trinajstić information content (AvgIpc) is 4.12. The van der Waals surface area contributed by atoms with Crippen LogP contribution in [-0.4, -0.2) is 105 Å². The molecular weight excluding hydrogens is 1040 g/mol. The van der Waals surface area contributed by atoms with E-state index in [0.717, 1.165) is 29.2 Å². The van der Waals surface area contributed by atoms with Gasteiger partial charge in [0.15, 0.2) is 22.1 Å². The van der Waals surface area contributed by atoms with E-state index in [1.807, 2.05) is 0 Å². The number of alkyl halides is 3. The molecule has 1 atom stereocenters. The van der Waals surface area contributed by atoms with Gasteiger partial charge in [0.05, 0.1) is 60.8 Å². The van der Waals surface area contributed by atoms with E-state index in [9.17, 15) is 46.3 Å². The molecule has 0 radical (unpaired) electrons. The van der Waals surface area contributed by atoms with E-state index < -0.39 is 46.6 Å². The van der Waals surface area contributed by atoms with Crippen molar-refractivity contribution in [1.82, 2.24) is 29.8 Å². The normalized spacial score (nSPS) is 12.1. The highest BCUT2D eigenvalue weighted by Gasteiger charge is 2.36. The molecular formula is C50H51F4N9O9S3. The smallest absolute Gasteiger partial charge is 0.397 e. The molecule has 5 heterocycles. The number of carbonyl (C=O) groups excluding carboxylic acids is 5. The maximum atomic E-state index is 14.1. The SMILES string of the molecule is CC(=O)N[C@@H](CSc1nc2c(=O)[nH]c(N)nc2n1Cc1ccc(F)cc1)C(=O)CCCCOCCOCCOCCCCC(=O)C(=O)Nc1ccc(C(=O)c2sc3nc(-c4cccs4)cc(C(F)(F)F)c3c2N)cc1. The van der Waals surface area contributed by atoms with Crippen molar-refractivity contribution in [2.24, 2.45) is 0 Å². The fourth-order valence-electron chi connectivity index (χ4n) is 7.57. The van der Waals surface area contributed by atoms with Crippen LogP contribution in [0.4, 0.5) is 34.9 Å². The molecule has 7 aromatic rings. The summed E-state index contributed by atoms with van der Waals surface area (Å²) < 4.78 is 74.4. The van der Waals surface area contributed by atoms with Crippen molar-refractivity contribution in [2.75, 3.05) is 62.2 Å². The van der Waals surface area contributed by atoms with Gasteiger partial charge in [-0.25, -0.2) is 14.4 Å². The number of hydrogen-bond acceptors (Lipinski definition) is 17. The summed E-state index contributed by atoms with van der Waals surface area (Å²) in [6.45, 7) is 3.47. The van der Waals surface area contributed by atoms with Crippen molar-refractivity contribution < 1.29 is 55.7 Å². The number of halogens is 4. The van der Waals surface area contributed by atoms with Gasteiger partial charge in [-0.1, -0.05) is 30.0 Å². The number of ether oxygens (including phenoxy) is 3. The Morgan fingerprint density at radius 1 is 0.853 bits per heavy atom. The highest BCUT2D eigenvalue weighted by molar-refractivity contribution is 7.99. The van der Waals surface area contributed by atoms with Crippen molar-refractivity contribution in [3.63, 3.8) is 0 Å². The Balaban J connectivity index is 0.736. The van der Waals surface area contributed by atoms with E-state index in [0.29, 0.717) is 80.9 Å². The number of benzene rings is 2. The van der Waals surface area contributed by atoms with Crippen LogP contribution in [-0.2, 0) is 46.1 Å². The molecule has 0 saturated heterocycles. The lowest BCUT2D eigenvalue weighted by Gasteiger charge is -2.17. The molecule has 18 nitrogen and oxygen atoms in total. The minimum absolute atomic E-state index is 0.0218. The van der Waals surface area contributed by atoms with Crippen LogP contribution in [0.1, 0.15) is 71.8 Å². The summed E-state index contributed by atoms with van der Waals surface area (Å²) in [6, 6.07) is 14.8. The third-order valence-electron chi connectivity index (χ3n) is 11.3. The van der Waals surface area contributed by atoms with Gasteiger partial charge in [0.2, 0.25) is 23.4 Å². The van der Waals surface area contributed by atoms with Gasteiger partial charge in [-0.3, -0.25) is 38.3 Å². The predicted molar refractivity (Wildman–Crippen MR) is 277 cm³/mol. The third kappa shape index (κ3) is 15.1. The molecule has 0 fully saturated rings. The second-order valence-electron chi connectivity index (χ2n) is 16.9. The summed E-state index contributed by atoms with van der Waals surface area (Å²) in [4.78, 5) is 92.4. The zero-order valence-electron chi connectivity index (χ0n) is 40.3. The number of amides is 2. The van der Waals surface area contributed by atoms with E-state index in [1.54, 1.807) is 34.2 Å². The van der Waals surface area contributed by atoms with E-state index in [2.05, 4.69) is 30.6 Å². The first-order valence-corrected chi connectivity index (χ1v) is 26.1. The van der Waals surface area contributed by atoms with Gasteiger partial charge in [-0.15, -0.1) is 22.7 Å². The van der Waals surface area contributed by atoms with Gasteiger partial charge < -0.3 is 36.3 Å². The number of nitrogens with one attached hydrogen (secondary N) is 3. The van der Waals surface area contributed by atoms with Gasteiger partial charge in [0.25, 0.3) is 11.5 Å². The van der Waals surface area contributed by atoms with Crippen molar-refractivity contribution in [2.45, 2.75) is 69.4 Å². The van der Waals surface area contributed by atoms with Crippen molar-refractivity contribution in [1.29, 1.82) is 0 Å². The first-order valence-electron chi connectivity index (χ1n) is 23.5. The number of aromatic nitrogens is 5. The molecule has 2 aromatic carbocycles. The third-order valence-corrected chi connectivity index (χ3v) is 14.3. The number of H-pyrrole nitrogens is 1. The van der Waals surface area contributed by atoms with E-state index in [-0.39, 0.29) is 91.7 Å². The van der Waals surface area contributed by atoms with Gasteiger partial charge in [-0.05, 0) is 85.2 Å². The van der Waals surface area contributed by atoms with E-state index in [4.69, 9.17) is 25.7 Å². The van der Waals surface area contributed by atoms with Gasteiger partial charge in [-0.2, -0.15) is 18.2 Å². The minimum Gasteiger partial charge on any atom is -0.397 e. The van der Waals surface area contributed by atoms with Gasteiger partial charge >= 0.3 is 6.18 Å². The second-order valence-corrected chi connectivity index (χ2v) is 19.8. The summed E-state index contributed by atoms with van der Waals surface area (Å²) >= 11 is 3.16. The number of imidazole rings is 1. The number of rotatable bonds is 28. The highest BCUT2D eigenvalue weighted by atomic mass is 32.2. The summed E-state index contributed by atoms with van der Waals surface area (Å²) in [6.07, 6.45) is -2.60. The molecule has 0 spiro atoms. The lowest BCUT2D eigenvalue weighted by Crippen LogP contribution is -2.41. The van der Waals surface area contributed by atoms with Gasteiger partial charge in [0.1, 0.15) is 15.5 Å². The molecule has 2 amide bonds. The standard InChI is InChI=1S/C50H51F4N9O9S3/c1-28(64)57-35(27-74-49-60-41-44(61-48(56)62-46(41)69)63(49)26-29-10-14-31(51)15-11-29)36(65)7-2-4-18-70-20-22-72-23-21-71-19-5-3-8-37(66)45(68)58-32-16-12-30(13-17-32)42(67)43-40(55)39-33(50(52,53)54)25-34(59-47(39)75-43)38-9-6-24-73-38/h6,9-17,24-25,35H,2-5,7-8,18-23,26-27,55H2,1H3,(H,57,64)(H,58,68)(H3,56,61,62,69)/t35-/m0/s1. The number of nitrogen functional groups attached to an aromatic ring is 2. The van der Waals surface area contributed by atoms with Crippen LogP contribution < -0.4 is 27.7 Å². The number of hydrogen-bond donors (Lipinski definition) is 5. The summed E-state index contributed by atoms with van der Waals surface area (Å²) in [5.74, 6) is -3.07. The largest absolute Gasteiger partial charge is 0.417 e. The van der Waals surface area contributed by atoms with Crippen molar-refractivity contribution in [3.05, 3.63) is 110 Å². The van der Waals surface area contributed by atoms with Crippen molar-refractivity contribution in [3.8, 4) is 10.6 Å². The number of ketones is 3. The maximum Gasteiger partial charge on any atom is 0.417 e. The molecule has 0 aliphatic rings. The molecule has 0 saturated carbocycles. The molecule has 0 aliphatic heterocycles. The monoisotopic (exact) mass is 1090 g/mol. The zero-order chi connectivity index (χ0) is 53.6. The number of thioether (sulfide) groups is 1. The fraction of sp³-hybridized carbons (Fsp3) is 0.340. The fourth-order valence-corrected chi connectivity index (χ4v) is 10.4. The highest BCUT2D eigenvalue weighted by Crippen LogP contribution is 2.44. The first kappa shape index (κ1) is 55.8. The number of carbonyl (C=O) groups is 5. The number of unbranched alkanes of at least 4 members (excludes halogenated alkanes) is 2. The summed E-state index contributed by atoms with van der Waals surface area (Å²) in [5.41, 5.74) is 11.6. The topological polar surface area (TPSA) is 266 Å². The van der Waals surface area contributed by atoms with Crippen LogP contribution >= 0.6 is 34.4 Å². The number of thiophene rings is 2. The lowest BCUT2D eigenvalue weighted by molar-refractivity contribution is -0.136. The Bertz CT molecular complexity index is 3200. The number of fused-ring (bicyclic) bond motifs is 2. The predicted octanol–water partition coefficient (Wildman–Crippen LogP) is 7.82. The van der Waals surface area contributed by atoms with E-state index >= 15 is 0 Å². The maximum absolute atomic E-state index is 14.1. The number of pyridine rings is 1. The molecule has 7 rings (SSSR count). The number of nitrogens with zero attached hydrogens (tertiary/aromatic N) is 4. The zero-order valence-corrected chi connectivity index (χ0v) is 42.7. The van der Waals surface area contributed by atoms with E-state index in [1.165, 1.54) is 54.7 Å². The van der Waals surface area contributed by atoms with Crippen LogP contribution in [0, 0.1) is 5.82 Å². The second kappa shape index (κ2) is 26.0. The summed E-state index contributed by atoms with van der Waals surface area (Å²) in [5, 5.41) is 6.95. The Hall–Kier alpha value is -6.90. The Labute approximate surface area is 438 Å². The number of nitrogens with two attached hydrogens (primary N) is 2.